The van der Waals surface area contributed by atoms with Gasteiger partial charge in [0.2, 0.25) is 0 Å². The molecule has 0 atom stereocenters. The van der Waals surface area contributed by atoms with Crippen LogP contribution in [0, 0.1) is 0 Å². The third-order valence-corrected chi connectivity index (χ3v) is 3.94. The molecule has 0 aliphatic carbocycles. The van der Waals surface area contributed by atoms with Crippen LogP contribution in [0.5, 0.6) is 0 Å². The first kappa shape index (κ1) is 27.6. The minimum atomic E-state index is -0.299. The van der Waals surface area contributed by atoms with Crippen LogP contribution >= 0.6 is 0 Å². The number of amides is 2. The zero-order valence-electron chi connectivity index (χ0n) is 18.6. The SMILES string of the molecule is CCCOCCOCCOCCOCCOCCOCCOCCN1C(=O)C=CC1=O. The lowest BCUT2D eigenvalue weighted by molar-refractivity contribution is -0.137. The van der Waals surface area contributed by atoms with Crippen LogP contribution in [0.4, 0.5) is 0 Å². The Hall–Kier alpha value is -1.40. The van der Waals surface area contributed by atoms with Crippen LogP contribution < -0.4 is 0 Å². The van der Waals surface area contributed by atoms with Gasteiger partial charge < -0.3 is 33.2 Å². The summed E-state index contributed by atoms with van der Waals surface area (Å²) in [6.45, 7) is 9.49. The molecule has 10 nitrogen and oxygen atoms in total. The van der Waals surface area contributed by atoms with E-state index in [-0.39, 0.29) is 18.4 Å². The largest absolute Gasteiger partial charge is 0.379 e. The lowest BCUT2D eigenvalue weighted by Crippen LogP contribution is -2.33. The summed E-state index contributed by atoms with van der Waals surface area (Å²) < 4.78 is 37.6. The minimum absolute atomic E-state index is 0.251. The van der Waals surface area contributed by atoms with Gasteiger partial charge in [-0.1, -0.05) is 6.92 Å². The van der Waals surface area contributed by atoms with Crippen LogP contribution in [0.1, 0.15) is 13.3 Å². The maximum atomic E-state index is 11.3. The van der Waals surface area contributed by atoms with Crippen molar-refractivity contribution in [2.45, 2.75) is 13.3 Å². The fourth-order valence-electron chi connectivity index (χ4n) is 2.37. The Bertz CT molecular complexity index is 469. The zero-order valence-corrected chi connectivity index (χ0v) is 18.6. The van der Waals surface area contributed by atoms with E-state index in [4.69, 9.17) is 33.2 Å². The van der Waals surface area contributed by atoms with Gasteiger partial charge >= 0.3 is 0 Å². The number of rotatable bonds is 23. The molecule has 1 aliphatic rings. The standard InChI is InChI=1S/C21H37NO9/c1-2-6-25-8-10-27-12-14-29-16-18-31-19-17-30-15-13-28-11-9-26-7-5-22-20(23)3-4-21(22)24/h3-4H,2,5-19H2,1H3. The van der Waals surface area contributed by atoms with E-state index in [1.807, 2.05) is 0 Å². The number of imide groups is 1. The molecule has 10 heteroatoms. The van der Waals surface area contributed by atoms with Gasteiger partial charge in [0.1, 0.15) is 0 Å². The normalized spacial score (nSPS) is 13.6. The van der Waals surface area contributed by atoms with Crippen molar-refractivity contribution in [3.05, 3.63) is 12.2 Å². The van der Waals surface area contributed by atoms with Crippen molar-refractivity contribution in [3.63, 3.8) is 0 Å². The van der Waals surface area contributed by atoms with Crippen molar-refractivity contribution in [1.29, 1.82) is 0 Å². The van der Waals surface area contributed by atoms with Gasteiger partial charge in [-0.15, -0.1) is 0 Å². The van der Waals surface area contributed by atoms with Crippen LogP contribution in [0.2, 0.25) is 0 Å². The summed E-state index contributed by atoms with van der Waals surface area (Å²) >= 11 is 0. The van der Waals surface area contributed by atoms with E-state index in [2.05, 4.69) is 6.92 Å². The van der Waals surface area contributed by atoms with Gasteiger partial charge in [0.25, 0.3) is 11.8 Å². The Morgan fingerprint density at radius 2 is 0.806 bits per heavy atom. The molecule has 0 unspecified atom stereocenters. The van der Waals surface area contributed by atoms with Gasteiger partial charge in [0, 0.05) is 18.8 Å². The Morgan fingerprint density at radius 1 is 0.516 bits per heavy atom. The lowest BCUT2D eigenvalue weighted by Gasteiger charge is -2.13. The molecule has 1 rings (SSSR count). The average Bonchev–Trinajstić information content (AvgIpc) is 3.09. The quantitative estimate of drug-likeness (QED) is 0.163. The van der Waals surface area contributed by atoms with E-state index >= 15 is 0 Å². The average molecular weight is 448 g/mol. The molecule has 0 aromatic heterocycles. The van der Waals surface area contributed by atoms with Crippen LogP contribution in [-0.2, 0) is 42.7 Å². The Kier molecular flexibility index (Phi) is 18.3. The number of hydrogen-bond donors (Lipinski definition) is 0. The fraction of sp³-hybridized carbons (Fsp3) is 0.810. The molecule has 1 heterocycles. The first-order chi connectivity index (χ1) is 15.3. The fourth-order valence-corrected chi connectivity index (χ4v) is 2.37. The number of ether oxygens (including phenoxy) is 7. The van der Waals surface area contributed by atoms with Crippen LogP contribution in [-0.4, -0.2) is 116 Å². The summed E-state index contributed by atoms with van der Waals surface area (Å²) in [5, 5.41) is 0. The maximum absolute atomic E-state index is 11.3. The molecule has 0 spiro atoms. The van der Waals surface area contributed by atoms with E-state index in [1.165, 1.54) is 12.2 Å². The highest BCUT2D eigenvalue weighted by molar-refractivity contribution is 6.12. The smallest absolute Gasteiger partial charge is 0.253 e. The van der Waals surface area contributed by atoms with Crippen molar-refractivity contribution in [2.24, 2.45) is 0 Å². The summed E-state index contributed by atoms with van der Waals surface area (Å²) in [6.07, 6.45) is 3.54. The molecule has 0 bridgehead atoms. The van der Waals surface area contributed by atoms with Gasteiger partial charge in [-0.3, -0.25) is 14.5 Å². The second-order valence-corrected chi connectivity index (χ2v) is 6.45. The summed E-state index contributed by atoms with van der Waals surface area (Å²) in [5.74, 6) is -0.597. The molecule has 0 radical (unpaired) electrons. The second kappa shape index (κ2) is 20.5. The molecule has 0 N–H and O–H groups in total. The van der Waals surface area contributed by atoms with Gasteiger partial charge in [-0.05, 0) is 6.42 Å². The van der Waals surface area contributed by atoms with Crippen LogP contribution in [0.15, 0.2) is 12.2 Å². The van der Waals surface area contributed by atoms with Gasteiger partial charge in [0.05, 0.1) is 92.4 Å². The minimum Gasteiger partial charge on any atom is -0.379 e. The summed E-state index contributed by atoms with van der Waals surface area (Å²) in [7, 11) is 0. The predicted octanol–water partition coefficient (Wildman–Crippen LogP) is 0.438. The first-order valence-corrected chi connectivity index (χ1v) is 10.8. The third kappa shape index (κ3) is 16.0. The molecule has 1 aliphatic heterocycles. The third-order valence-electron chi connectivity index (χ3n) is 3.94. The van der Waals surface area contributed by atoms with E-state index in [0.717, 1.165) is 17.9 Å². The van der Waals surface area contributed by atoms with Crippen molar-refractivity contribution < 1.29 is 42.7 Å². The van der Waals surface area contributed by atoms with Crippen LogP contribution in [0.3, 0.4) is 0 Å². The number of hydrogen-bond acceptors (Lipinski definition) is 9. The monoisotopic (exact) mass is 447 g/mol. The zero-order chi connectivity index (χ0) is 22.4. The Morgan fingerprint density at radius 3 is 1.13 bits per heavy atom. The highest BCUT2D eigenvalue weighted by Crippen LogP contribution is 2.02. The van der Waals surface area contributed by atoms with Gasteiger partial charge in [-0.25, -0.2) is 0 Å². The predicted molar refractivity (Wildman–Crippen MR) is 112 cm³/mol. The molecule has 0 saturated carbocycles. The molecular formula is C21H37NO9. The molecule has 0 fully saturated rings. The Labute approximate surface area is 184 Å². The van der Waals surface area contributed by atoms with E-state index in [1.54, 1.807) is 0 Å². The molecular weight excluding hydrogens is 410 g/mol. The molecule has 0 aromatic carbocycles. The molecule has 180 valence electrons. The number of carbonyl (C=O) groups excluding carboxylic acids is 2. The van der Waals surface area contributed by atoms with Gasteiger partial charge in [0.15, 0.2) is 0 Å². The molecule has 0 saturated heterocycles. The van der Waals surface area contributed by atoms with E-state index in [0.29, 0.717) is 85.9 Å². The van der Waals surface area contributed by atoms with Gasteiger partial charge in [-0.2, -0.15) is 0 Å². The van der Waals surface area contributed by atoms with Crippen molar-refractivity contribution in [3.8, 4) is 0 Å². The molecule has 31 heavy (non-hydrogen) atoms. The molecule has 0 aromatic rings. The topological polar surface area (TPSA) is 102 Å². The lowest BCUT2D eigenvalue weighted by atomic mass is 10.5. The van der Waals surface area contributed by atoms with E-state index < -0.39 is 0 Å². The number of carbonyl (C=O) groups is 2. The van der Waals surface area contributed by atoms with Crippen molar-refractivity contribution in [2.75, 3.05) is 99.0 Å². The van der Waals surface area contributed by atoms with Crippen LogP contribution in [0.25, 0.3) is 0 Å². The van der Waals surface area contributed by atoms with Crippen molar-refractivity contribution >= 4 is 11.8 Å². The summed E-state index contributed by atoms with van der Waals surface area (Å²) in [5.41, 5.74) is 0. The van der Waals surface area contributed by atoms with E-state index in [9.17, 15) is 9.59 Å². The van der Waals surface area contributed by atoms with Crippen molar-refractivity contribution in [1.82, 2.24) is 4.90 Å². The number of nitrogens with zero attached hydrogens (tertiary/aromatic N) is 1. The maximum Gasteiger partial charge on any atom is 0.253 e. The Balaban J connectivity index is 1.68. The highest BCUT2D eigenvalue weighted by Gasteiger charge is 2.22. The summed E-state index contributed by atoms with van der Waals surface area (Å²) in [6, 6.07) is 0. The highest BCUT2D eigenvalue weighted by atomic mass is 16.6. The molecule has 2 amide bonds. The second-order valence-electron chi connectivity index (χ2n) is 6.45. The summed E-state index contributed by atoms with van der Waals surface area (Å²) in [4.78, 5) is 23.8. The first-order valence-electron chi connectivity index (χ1n) is 10.8.